The van der Waals surface area contributed by atoms with Crippen LogP contribution in [0.5, 0.6) is 0 Å². The van der Waals surface area contributed by atoms with Gasteiger partial charge in [0.1, 0.15) is 0 Å². The third kappa shape index (κ3) is 4.61. The van der Waals surface area contributed by atoms with Gasteiger partial charge < -0.3 is 10.4 Å². The summed E-state index contributed by atoms with van der Waals surface area (Å²) in [5.74, 6) is -1.90. The average Bonchev–Trinajstić information content (AvgIpc) is 2.82. The number of carbonyl (C=O) groups excluding carboxylic acids is 1. The highest BCUT2D eigenvalue weighted by Crippen LogP contribution is 2.23. The molecule has 0 aliphatic heterocycles. The molecule has 1 aromatic rings. The second-order valence-electron chi connectivity index (χ2n) is 4.77. The van der Waals surface area contributed by atoms with Gasteiger partial charge in [-0.15, -0.1) is 0 Å². The number of amides is 1. The molecule has 0 fully saturated rings. The largest absolute Gasteiger partial charge is 0.481 e. The average molecular weight is 300 g/mol. The van der Waals surface area contributed by atoms with Gasteiger partial charge in [0.05, 0.1) is 15.7 Å². The van der Waals surface area contributed by atoms with Crippen molar-refractivity contribution >= 4 is 28.2 Å². The summed E-state index contributed by atoms with van der Waals surface area (Å²) >= 11 is 0.765. The Bertz CT molecular complexity index is 512. The molecule has 0 aromatic carbocycles. The van der Waals surface area contributed by atoms with E-state index in [-0.39, 0.29) is 22.3 Å². The molecule has 0 saturated carbocycles. The number of rotatable bonds is 7. The van der Waals surface area contributed by atoms with Gasteiger partial charge in [-0.2, -0.15) is 0 Å². The van der Waals surface area contributed by atoms with E-state index in [1.807, 2.05) is 13.8 Å². The van der Waals surface area contributed by atoms with Crippen LogP contribution in [-0.2, 0) is 4.79 Å². The summed E-state index contributed by atoms with van der Waals surface area (Å²) in [6.07, 6.45) is 0.459. The van der Waals surface area contributed by atoms with Gasteiger partial charge in [0, 0.05) is 12.6 Å². The number of nitrogens with one attached hydrogen (secondary N) is 1. The number of hydrogen-bond acceptors (Lipinski definition) is 5. The summed E-state index contributed by atoms with van der Waals surface area (Å²) in [6.45, 7) is 3.82. The minimum atomic E-state index is -0.962. The van der Waals surface area contributed by atoms with Crippen LogP contribution in [0.15, 0.2) is 12.1 Å². The van der Waals surface area contributed by atoms with Crippen molar-refractivity contribution in [3.8, 4) is 0 Å². The quantitative estimate of drug-likeness (QED) is 0.592. The SMILES string of the molecule is CC(C)CC(CNC(=O)c1ccc([N+](=O)[O-])s1)C(=O)O. The van der Waals surface area contributed by atoms with E-state index in [9.17, 15) is 19.7 Å². The zero-order valence-corrected chi connectivity index (χ0v) is 12.0. The third-order valence-electron chi connectivity index (χ3n) is 2.61. The molecule has 0 bridgehead atoms. The first-order valence-electron chi connectivity index (χ1n) is 6.06. The van der Waals surface area contributed by atoms with Crippen LogP contribution in [0, 0.1) is 22.0 Å². The number of nitrogens with zero attached hydrogens (tertiary/aromatic N) is 1. The van der Waals surface area contributed by atoms with E-state index in [2.05, 4.69) is 5.32 Å². The zero-order chi connectivity index (χ0) is 15.3. The van der Waals surface area contributed by atoms with Crippen LogP contribution in [-0.4, -0.2) is 28.5 Å². The van der Waals surface area contributed by atoms with E-state index < -0.39 is 22.7 Å². The fraction of sp³-hybridized carbons (Fsp3) is 0.500. The van der Waals surface area contributed by atoms with Crippen molar-refractivity contribution in [2.75, 3.05) is 6.54 Å². The lowest BCUT2D eigenvalue weighted by atomic mass is 9.97. The molecule has 7 nitrogen and oxygen atoms in total. The standard InChI is InChI=1S/C12H16N2O5S/c1-7(2)5-8(12(16)17)6-13-11(15)9-3-4-10(20-9)14(18)19/h3-4,7-8H,5-6H2,1-2H3,(H,13,15)(H,16,17). The van der Waals surface area contributed by atoms with E-state index in [1.165, 1.54) is 12.1 Å². The number of carbonyl (C=O) groups is 2. The topological polar surface area (TPSA) is 110 Å². The Hall–Kier alpha value is -1.96. The summed E-state index contributed by atoms with van der Waals surface area (Å²) in [5.41, 5.74) is 0. The van der Waals surface area contributed by atoms with Gasteiger partial charge >= 0.3 is 11.0 Å². The van der Waals surface area contributed by atoms with E-state index >= 15 is 0 Å². The summed E-state index contributed by atoms with van der Waals surface area (Å²) in [6, 6.07) is 2.61. The Labute approximate surface area is 119 Å². The molecule has 0 aliphatic rings. The minimum absolute atomic E-state index is 0.0119. The molecule has 1 heterocycles. The predicted octanol–water partition coefficient (Wildman–Crippen LogP) is 2.13. The Balaban J connectivity index is 2.60. The Morgan fingerprint density at radius 1 is 1.45 bits per heavy atom. The molecule has 0 saturated heterocycles. The van der Waals surface area contributed by atoms with E-state index in [0.717, 1.165) is 11.3 Å². The van der Waals surface area contributed by atoms with Crippen LogP contribution >= 0.6 is 11.3 Å². The lowest BCUT2D eigenvalue weighted by molar-refractivity contribution is -0.380. The highest BCUT2D eigenvalue weighted by Gasteiger charge is 2.21. The van der Waals surface area contributed by atoms with Gasteiger partial charge in [-0.25, -0.2) is 0 Å². The first-order valence-corrected chi connectivity index (χ1v) is 6.88. The summed E-state index contributed by atoms with van der Waals surface area (Å²) in [7, 11) is 0. The van der Waals surface area contributed by atoms with Gasteiger partial charge in [0.15, 0.2) is 0 Å². The summed E-state index contributed by atoms with van der Waals surface area (Å²) in [5, 5.41) is 22.0. The Morgan fingerprint density at radius 3 is 2.55 bits per heavy atom. The lowest BCUT2D eigenvalue weighted by Gasteiger charge is -2.14. The predicted molar refractivity (Wildman–Crippen MR) is 73.9 cm³/mol. The van der Waals surface area contributed by atoms with E-state index in [4.69, 9.17) is 5.11 Å². The third-order valence-corrected chi connectivity index (χ3v) is 3.65. The fourth-order valence-electron chi connectivity index (χ4n) is 1.69. The molecule has 1 rings (SSSR count). The fourth-order valence-corrected chi connectivity index (χ4v) is 2.43. The smallest absolute Gasteiger partial charge is 0.324 e. The number of aliphatic carboxylic acids is 1. The molecular weight excluding hydrogens is 284 g/mol. The van der Waals surface area contributed by atoms with Crippen molar-refractivity contribution in [1.82, 2.24) is 5.32 Å². The first kappa shape index (κ1) is 16.1. The molecule has 2 N–H and O–H groups in total. The van der Waals surface area contributed by atoms with Gasteiger partial charge in [-0.3, -0.25) is 19.7 Å². The molecule has 1 aromatic heterocycles. The molecule has 1 amide bonds. The van der Waals surface area contributed by atoms with Crippen LogP contribution in [0.25, 0.3) is 0 Å². The zero-order valence-electron chi connectivity index (χ0n) is 11.2. The van der Waals surface area contributed by atoms with Crippen LogP contribution < -0.4 is 5.32 Å². The second-order valence-corrected chi connectivity index (χ2v) is 5.83. The molecule has 8 heteroatoms. The molecule has 20 heavy (non-hydrogen) atoms. The van der Waals surface area contributed by atoms with Gasteiger partial charge in [-0.1, -0.05) is 25.2 Å². The van der Waals surface area contributed by atoms with Crippen LogP contribution in [0.4, 0.5) is 5.00 Å². The highest BCUT2D eigenvalue weighted by molar-refractivity contribution is 7.17. The highest BCUT2D eigenvalue weighted by atomic mass is 32.1. The van der Waals surface area contributed by atoms with E-state index in [1.54, 1.807) is 0 Å². The lowest BCUT2D eigenvalue weighted by Crippen LogP contribution is -2.33. The maximum absolute atomic E-state index is 11.8. The van der Waals surface area contributed by atoms with Gasteiger partial charge in [0.25, 0.3) is 5.91 Å². The molecule has 1 atom stereocenters. The van der Waals surface area contributed by atoms with Crippen molar-refractivity contribution in [1.29, 1.82) is 0 Å². The normalized spacial score (nSPS) is 12.2. The van der Waals surface area contributed by atoms with E-state index in [0.29, 0.717) is 6.42 Å². The molecule has 0 radical (unpaired) electrons. The van der Waals surface area contributed by atoms with Crippen molar-refractivity contribution in [2.24, 2.45) is 11.8 Å². The van der Waals surface area contributed by atoms with Gasteiger partial charge in [0.2, 0.25) is 0 Å². The molecular formula is C12H16N2O5S. The Morgan fingerprint density at radius 2 is 2.10 bits per heavy atom. The maximum atomic E-state index is 11.8. The molecule has 110 valence electrons. The van der Waals surface area contributed by atoms with Crippen molar-refractivity contribution in [3.05, 3.63) is 27.1 Å². The maximum Gasteiger partial charge on any atom is 0.324 e. The van der Waals surface area contributed by atoms with Crippen LogP contribution in [0.2, 0.25) is 0 Å². The molecule has 0 spiro atoms. The Kier molecular flexibility index (Phi) is 5.63. The molecule has 1 unspecified atom stereocenters. The monoisotopic (exact) mass is 300 g/mol. The number of carboxylic acids is 1. The number of nitro groups is 1. The molecule has 0 aliphatic carbocycles. The van der Waals surface area contributed by atoms with Crippen molar-refractivity contribution in [3.63, 3.8) is 0 Å². The van der Waals surface area contributed by atoms with Gasteiger partial charge in [-0.05, 0) is 18.4 Å². The number of carboxylic acid groups (broad SMARTS) is 1. The minimum Gasteiger partial charge on any atom is -0.481 e. The summed E-state index contributed by atoms with van der Waals surface area (Å²) < 4.78 is 0. The number of thiophene rings is 1. The summed E-state index contributed by atoms with van der Waals surface area (Å²) in [4.78, 5) is 33.0. The van der Waals surface area contributed by atoms with Crippen LogP contribution in [0.1, 0.15) is 29.9 Å². The number of hydrogen-bond donors (Lipinski definition) is 2. The second kappa shape index (κ2) is 6.99. The van der Waals surface area contributed by atoms with Crippen LogP contribution in [0.3, 0.4) is 0 Å². The van der Waals surface area contributed by atoms with Crippen molar-refractivity contribution in [2.45, 2.75) is 20.3 Å². The first-order chi connectivity index (χ1) is 9.31. The van der Waals surface area contributed by atoms with Crippen molar-refractivity contribution < 1.29 is 19.6 Å².